The Morgan fingerprint density at radius 2 is 2.00 bits per heavy atom. The number of aromatic nitrogens is 4. The molecular formula is C15H14N4O2. The van der Waals surface area contributed by atoms with Crippen molar-refractivity contribution in [3.8, 4) is 0 Å². The third-order valence-corrected chi connectivity index (χ3v) is 3.07. The van der Waals surface area contributed by atoms with Gasteiger partial charge in [0.25, 0.3) is 0 Å². The van der Waals surface area contributed by atoms with E-state index in [1.165, 1.54) is 6.33 Å². The minimum atomic E-state index is -0.477. The van der Waals surface area contributed by atoms with E-state index >= 15 is 0 Å². The van der Waals surface area contributed by atoms with Crippen molar-refractivity contribution in [1.29, 1.82) is 0 Å². The molecule has 0 aliphatic heterocycles. The van der Waals surface area contributed by atoms with Gasteiger partial charge in [-0.15, -0.1) is 0 Å². The Kier molecular flexibility index (Phi) is 3.59. The Hall–Kier alpha value is -2.76. The van der Waals surface area contributed by atoms with E-state index in [4.69, 9.17) is 4.74 Å². The highest BCUT2D eigenvalue weighted by molar-refractivity contribution is 5.98. The molecule has 0 saturated carbocycles. The van der Waals surface area contributed by atoms with Gasteiger partial charge in [0.1, 0.15) is 11.8 Å². The van der Waals surface area contributed by atoms with Crippen molar-refractivity contribution >= 4 is 17.1 Å². The number of carbonyl (C=O) groups excluding carboxylic acids is 1. The van der Waals surface area contributed by atoms with Crippen LogP contribution in [0.1, 0.15) is 23.0 Å². The van der Waals surface area contributed by atoms with E-state index in [9.17, 15) is 4.79 Å². The van der Waals surface area contributed by atoms with Crippen LogP contribution in [0, 0.1) is 0 Å². The van der Waals surface area contributed by atoms with Gasteiger partial charge in [-0.05, 0) is 12.5 Å². The summed E-state index contributed by atoms with van der Waals surface area (Å²) in [4.78, 5) is 24.3. The van der Waals surface area contributed by atoms with Gasteiger partial charge in [-0.1, -0.05) is 30.3 Å². The van der Waals surface area contributed by atoms with E-state index in [0.717, 1.165) is 5.56 Å². The van der Waals surface area contributed by atoms with E-state index < -0.39 is 5.97 Å². The molecule has 2 heterocycles. The Morgan fingerprint density at radius 3 is 2.76 bits per heavy atom. The van der Waals surface area contributed by atoms with E-state index in [1.54, 1.807) is 13.3 Å². The molecule has 3 aromatic rings. The standard InChI is InChI=1S/C15H14N4O2/c1-2-21-15(20)13-12-14(17-9-16-13)19(10-18-12)8-11-6-4-3-5-7-11/h3-7,9-10H,2,8H2,1H3. The summed E-state index contributed by atoms with van der Waals surface area (Å²) in [6.07, 6.45) is 3.02. The molecule has 0 aliphatic carbocycles. The number of ether oxygens (including phenoxy) is 1. The Bertz CT molecular complexity index is 768. The van der Waals surface area contributed by atoms with Gasteiger partial charge in [-0.25, -0.2) is 19.7 Å². The predicted octanol–water partition coefficient (Wildman–Crippen LogP) is 2.05. The summed E-state index contributed by atoms with van der Waals surface area (Å²) >= 11 is 0. The molecule has 0 unspecified atom stereocenters. The zero-order valence-corrected chi connectivity index (χ0v) is 11.6. The first-order chi connectivity index (χ1) is 10.3. The van der Waals surface area contributed by atoms with Gasteiger partial charge >= 0.3 is 5.97 Å². The van der Waals surface area contributed by atoms with Crippen molar-refractivity contribution in [3.05, 3.63) is 54.2 Å². The van der Waals surface area contributed by atoms with Crippen molar-refractivity contribution in [3.63, 3.8) is 0 Å². The summed E-state index contributed by atoms with van der Waals surface area (Å²) in [6.45, 7) is 2.69. The monoisotopic (exact) mass is 282 g/mol. The first kappa shape index (κ1) is 13.2. The second-order valence-corrected chi connectivity index (χ2v) is 4.47. The van der Waals surface area contributed by atoms with E-state index in [-0.39, 0.29) is 5.69 Å². The Morgan fingerprint density at radius 1 is 1.19 bits per heavy atom. The van der Waals surface area contributed by atoms with Crippen LogP contribution in [0.5, 0.6) is 0 Å². The molecule has 21 heavy (non-hydrogen) atoms. The SMILES string of the molecule is CCOC(=O)c1ncnc2c1ncn2Cc1ccccc1. The second-order valence-electron chi connectivity index (χ2n) is 4.47. The zero-order valence-electron chi connectivity index (χ0n) is 11.6. The molecule has 0 N–H and O–H groups in total. The predicted molar refractivity (Wildman–Crippen MR) is 76.8 cm³/mol. The van der Waals surface area contributed by atoms with Crippen LogP contribution in [0.3, 0.4) is 0 Å². The van der Waals surface area contributed by atoms with Crippen LogP contribution in [0.25, 0.3) is 11.2 Å². The maximum absolute atomic E-state index is 11.9. The molecule has 3 rings (SSSR count). The van der Waals surface area contributed by atoms with E-state index in [0.29, 0.717) is 24.3 Å². The number of fused-ring (bicyclic) bond motifs is 1. The molecule has 0 fully saturated rings. The summed E-state index contributed by atoms with van der Waals surface area (Å²) in [5.74, 6) is -0.477. The number of hydrogen-bond donors (Lipinski definition) is 0. The number of rotatable bonds is 4. The molecule has 2 aromatic heterocycles. The van der Waals surface area contributed by atoms with Crippen LogP contribution in [-0.4, -0.2) is 32.1 Å². The molecule has 106 valence electrons. The third-order valence-electron chi connectivity index (χ3n) is 3.07. The van der Waals surface area contributed by atoms with Gasteiger partial charge in [-0.3, -0.25) is 0 Å². The third kappa shape index (κ3) is 2.60. The molecule has 0 atom stereocenters. The lowest BCUT2D eigenvalue weighted by Gasteiger charge is -2.04. The van der Waals surface area contributed by atoms with Gasteiger partial charge in [0.15, 0.2) is 11.3 Å². The van der Waals surface area contributed by atoms with Crippen molar-refractivity contribution in [2.45, 2.75) is 13.5 Å². The minimum absolute atomic E-state index is 0.202. The average Bonchev–Trinajstić information content (AvgIpc) is 2.92. The van der Waals surface area contributed by atoms with Crippen molar-refractivity contribution in [2.75, 3.05) is 6.61 Å². The normalized spacial score (nSPS) is 10.7. The summed E-state index contributed by atoms with van der Waals surface area (Å²) in [5.41, 5.74) is 2.42. The number of nitrogens with zero attached hydrogens (tertiary/aromatic N) is 4. The lowest BCUT2D eigenvalue weighted by Crippen LogP contribution is -2.09. The van der Waals surface area contributed by atoms with Crippen LogP contribution < -0.4 is 0 Å². The molecule has 0 spiro atoms. The first-order valence-corrected chi connectivity index (χ1v) is 6.66. The fourth-order valence-corrected chi connectivity index (χ4v) is 2.13. The fourth-order valence-electron chi connectivity index (χ4n) is 2.13. The van der Waals surface area contributed by atoms with Gasteiger partial charge in [0.2, 0.25) is 0 Å². The summed E-state index contributed by atoms with van der Waals surface area (Å²) in [5, 5.41) is 0. The number of imidazole rings is 1. The molecule has 0 saturated heterocycles. The van der Waals surface area contributed by atoms with Gasteiger partial charge in [0, 0.05) is 0 Å². The Balaban J connectivity index is 1.99. The molecule has 0 radical (unpaired) electrons. The van der Waals surface area contributed by atoms with Crippen LogP contribution >= 0.6 is 0 Å². The van der Waals surface area contributed by atoms with Crippen molar-refractivity contribution in [1.82, 2.24) is 19.5 Å². The number of carbonyl (C=O) groups is 1. The second kappa shape index (κ2) is 5.70. The molecular weight excluding hydrogens is 268 g/mol. The molecule has 0 bridgehead atoms. The van der Waals surface area contributed by atoms with Crippen molar-refractivity contribution in [2.24, 2.45) is 0 Å². The van der Waals surface area contributed by atoms with Crippen LogP contribution in [0.4, 0.5) is 0 Å². The highest BCUT2D eigenvalue weighted by Gasteiger charge is 2.17. The summed E-state index contributed by atoms with van der Waals surface area (Å²) in [7, 11) is 0. The van der Waals surface area contributed by atoms with Gasteiger partial charge < -0.3 is 9.30 Å². The van der Waals surface area contributed by atoms with Gasteiger partial charge in [0.05, 0.1) is 19.5 Å². The number of benzene rings is 1. The zero-order chi connectivity index (χ0) is 14.7. The molecule has 6 heteroatoms. The van der Waals surface area contributed by atoms with Gasteiger partial charge in [-0.2, -0.15) is 0 Å². The van der Waals surface area contributed by atoms with Crippen molar-refractivity contribution < 1.29 is 9.53 Å². The Labute approximate surface area is 121 Å². The topological polar surface area (TPSA) is 69.9 Å². The summed E-state index contributed by atoms with van der Waals surface area (Å²) in [6, 6.07) is 9.98. The largest absolute Gasteiger partial charge is 0.461 e. The van der Waals surface area contributed by atoms with E-state index in [2.05, 4.69) is 15.0 Å². The minimum Gasteiger partial charge on any atom is -0.461 e. The van der Waals surface area contributed by atoms with Crippen LogP contribution in [0.15, 0.2) is 43.0 Å². The first-order valence-electron chi connectivity index (χ1n) is 6.66. The summed E-state index contributed by atoms with van der Waals surface area (Å²) < 4.78 is 6.87. The van der Waals surface area contributed by atoms with Crippen LogP contribution in [0.2, 0.25) is 0 Å². The van der Waals surface area contributed by atoms with Crippen LogP contribution in [-0.2, 0) is 11.3 Å². The smallest absolute Gasteiger partial charge is 0.359 e. The molecule has 1 aromatic carbocycles. The molecule has 0 amide bonds. The fraction of sp³-hybridized carbons (Fsp3) is 0.200. The number of esters is 1. The number of hydrogen-bond acceptors (Lipinski definition) is 5. The average molecular weight is 282 g/mol. The molecule has 0 aliphatic rings. The highest BCUT2D eigenvalue weighted by Crippen LogP contribution is 2.15. The molecule has 6 nitrogen and oxygen atoms in total. The maximum atomic E-state index is 11.9. The maximum Gasteiger partial charge on any atom is 0.359 e. The highest BCUT2D eigenvalue weighted by atomic mass is 16.5. The lowest BCUT2D eigenvalue weighted by atomic mass is 10.2. The van der Waals surface area contributed by atoms with E-state index in [1.807, 2.05) is 34.9 Å². The lowest BCUT2D eigenvalue weighted by molar-refractivity contribution is 0.0521. The quantitative estimate of drug-likeness (QED) is 0.685.